The lowest BCUT2D eigenvalue weighted by Gasteiger charge is -2.40. The number of nitrogens with one attached hydrogen (secondary N) is 1. The molecule has 0 radical (unpaired) electrons. The first kappa shape index (κ1) is 15.0. The minimum absolute atomic E-state index is 0.240. The molecular weight excluding hydrogens is 269 g/mol. The van der Waals surface area contributed by atoms with Crippen LogP contribution in [0.1, 0.15) is 32.4 Å². The van der Waals surface area contributed by atoms with Gasteiger partial charge in [0.15, 0.2) is 11.5 Å². The molecule has 0 amide bonds. The Morgan fingerprint density at radius 2 is 2.00 bits per heavy atom. The number of anilines is 1. The van der Waals surface area contributed by atoms with Crippen LogP contribution in [0.15, 0.2) is 12.1 Å². The van der Waals surface area contributed by atoms with Crippen molar-refractivity contribution in [2.45, 2.75) is 44.9 Å². The Morgan fingerprint density at radius 1 is 1.25 bits per heavy atom. The second kappa shape index (κ2) is 5.95. The summed E-state index contributed by atoms with van der Waals surface area (Å²) in [5.41, 5.74) is -0.948. The fourth-order valence-electron chi connectivity index (χ4n) is 2.41. The summed E-state index contributed by atoms with van der Waals surface area (Å²) in [6.45, 7) is 5.70. The molecule has 1 aromatic rings. The summed E-state index contributed by atoms with van der Waals surface area (Å²) in [4.78, 5) is 2.05. The number of alkyl halides is 3. The summed E-state index contributed by atoms with van der Waals surface area (Å²) in [5.74, 6) is 0.518. The quantitative estimate of drug-likeness (QED) is 0.927. The summed E-state index contributed by atoms with van der Waals surface area (Å²) in [5, 5.41) is 10.5. The van der Waals surface area contributed by atoms with Crippen LogP contribution in [0, 0.1) is 0 Å². The van der Waals surface area contributed by atoms with Crippen LogP contribution in [0.25, 0.3) is 0 Å². The zero-order valence-electron chi connectivity index (χ0n) is 11.6. The third kappa shape index (κ3) is 3.20. The number of hydrogen-bond acceptors (Lipinski definition) is 4. The van der Waals surface area contributed by atoms with Crippen LogP contribution in [0.2, 0.25) is 0 Å². The van der Waals surface area contributed by atoms with Gasteiger partial charge in [0.2, 0.25) is 0 Å². The van der Waals surface area contributed by atoms with Crippen molar-refractivity contribution in [1.29, 1.82) is 0 Å². The van der Waals surface area contributed by atoms with Gasteiger partial charge in [-0.25, -0.2) is 0 Å². The number of aromatic nitrogens is 2. The third-order valence-corrected chi connectivity index (χ3v) is 3.70. The molecule has 0 spiro atoms. The van der Waals surface area contributed by atoms with Crippen molar-refractivity contribution >= 4 is 5.82 Å². The molecule has 1 N–H and O–H groups in total. The lowest BCUT2D eigenvalue weighted by atomic mass is 10.1. The van der Waals surface area contributed by atoms with E-state index in [-0.39, 0.29) is 6.04 Å². The van der Waals surface area contributed by atoms with E-state index < -0.39 is 11.9 Å². The van der Waals surface area contributed by atoms with Gasteiger partial charge in [0.05, 0.1) is 0 Å². The monoisotopic (exact) mass is 288 g/mol. The van der Waals surface area contributed by atoms with E-state index in [1.165, 1.54) is 6.07 Å². The number of piperazine rings is 1. The molecule has 0 aliphatic carbocycles. The van der Waals surface area contributed by atoms with Gasteiger partial charge in [0.1, 0.15) is 0 Å². The highest BCUT2D eigenvalue weighted by molar-refractivity contribution is 5.40. The van der Waals surface area contributed by atoms with Crippen LogP contribution >= 0.6 is 0 Å². The Morgan fingerprint density at radius 3 is 2.50 bits per heavy atom. The van der Waals surface area contributed by atoms with Crippen LogP contribution in [-0.4, -0.2) is 35.4 Å². The fourth-order valence-corrected chi connectivity index (χ4v) is 2.41. The normalized spacial score (nSPS) is 23.9. The highest BCUT2D eigenvalue weighted by atomic mass is 19.4. The van der Waals surface area contributed by atoms with Gasteiger partial charge in [0.25, 0.3) is 0 Å². The predicted molar refractivity (Wildman–Crippen MR) is 70.5 cm³/mol. The molecule has 20 heavy (non-hydrogen) atoms. The van der Waals surface area contributed by atoms with Crippen molar-refractivity contribution < 1.29 is 13.2 Å². The zero-order chi connectivity index (χ0) is 14.8. The molecule has 112 valence electrons. The highest BCUT2D eigenvalue weighted by Crippen LogP contribution is 2.28. The van der Waals surface area contributed by atoms with Gasteiger partial charge >= 0.3 is 6.18 Å². The average Bonchev–Trinajstić information content (AvgIpc) is 2.45. The molecule has 0 saturated carbocycles. The minimum atomic E-state index is -4.44. The number of halogens is 3. The highest BCUT2D eigenvalue weighted by Gasteiger charge is 2.34. The lowest BCUT2D eigenvalue weighted by molar-refractivity contribution is -0.141. The summed E-state index contributed by atoms with van der Waals surface area (Å²) in [7, 11) is 0. The summed E-state index contributed by atoms with van der Waals surface area (Å²) in [6, 6.07) is 2.99. The SMILES string of the molecule is CCC1CN(c2ccc(C(F)(F)F)nn2)C(CC)CN1. The molecule has 1 aromatic heterocycles. The van der Waals surface area contributed by atoms with E-state index >= 15 is 0 Å². The van der Waals surface area contributed by atoms with Gasteiger partial charge in [-0.2, -0.15) is 13.2 Å². The predicted octanol–water partition coefficient (Wildman–Crippen LogP) is 2.46. The maximum Gasteiger partial charge on any atom is 0.435 e. The molecule has 1 saturated heterocycles. The molecular formula is C13H19F3N4. The van der Waals surface area contributed by atoms with Crippen molar-refractivity contribution in [1.82, 2.24) is 15.5 Å². The number of hydrogen-bond donors (Lipinski definition) is 1. The van der Waals surface area contributed by atoms with Gasteiger partial charge in [-0.3, -0.25) is 0 Å². The van der Waals surface area contributed by atoms with Crippen LogP contribution in [0.5, 0.6) is 0 Å². The van der Waals surface area contributed by atoms with Gasteiger partial charge in [0, 0.05) is 25.2 Å². The molecule has 1 aliphatic rings. The van der Waals surface area contributed by atoms with Gasteiger partial charge in [-0.15, -0.1) is 10.2 Å². The standard InChI is InChI=1S/C13H19F3N4/c1-3-9-8-20(10(4-2)7-17-9)12-6-5-11(18-19-12)13(14,15)16/h5-6,9-10,17H,3-4,7-8H2,1-2H3. The van der Waals surface area contributed by atoms with Crippen molar-refractivity contribution in [3.8, 4) is 0 Å². The second-order valence-corrected chi connectivity index (χ2v) is 5.00. The van der Waals surface area contributed by atoms with Crippen molar-refractivity contribution in [2.24, 2.45) is 0 Å². The maximum absolute atomic E-state index is 12.5. The van der Waals surface area contributed by atoms with E-state index in [1.807, 2.05) is 0 Å². The van der Waals surface area contributed by atoms with E-state index in [4.69, 9.17) is 0 Å². The molecule has 7 heteroatoms. The molecule has 2 heterocycles. The van der Waals surface area contributed by atoms with Gasteiger partial charge in [-0.05, 0) is 25.0 Å². The Labute approximate surface area is 116 Å². The number of nitrogens with zero attached hydrogens (tertiary/aromatic N) is 3. The van der Waals surface area contributed by atoms with Crippen molar-refractivity contribution in [2.75, 3.05) is 18.0 Å². The largest absolute Gasteiger partial charge is 0.435 e. The van der Waals surface area contributed by atoms with Crippen LogP contribution < -0.4 is 10.2 Å². The first-order valence-electron chi connectivity index (χ1n) is 6.86. The molecule has 4 nitrogen and oxygen atoms in total. The van der Waals surface area contributed by atoms with Crippen LogP contribution in [0.4, 0.5) is 19.0 Å². The maximum atomic E-state index is 12.5. The Balaban J connectivity index is 2.19. The first-order valence-corrected chi connectivity index (χ1v) is 6.86. The number of rotatable bonds is 3. The van der Waals surface area contributed by atoms with Crippen LogP contribution in [-0.2, 0) is 6.18 Å². The molecule has 0 aromatic carbocycles. The van der Waals surface area contributed by atoms with Gasteiger partial charge in [-0.1, -0.05) is 13.8 Å². The van der Waals surface area contributed by atoms with E-state index in [0.29, 0.717) is 11.9 Å². The summed E-state index contributed by atoms with van der Waals surface area (Å²) in [6.07, 6.45) is -2.56. The van der Waals surface area contributed by atoms with Crippen LogP contribution in [0.3, 0.4) is 0 Å². The third-order valence-electron chi connectivity index (χ3n) is 3.70. The summed E-state index contributed by atoms with van der Waals surface area (Å²) >= 11 is 0. The molecule has 1 fully saturated rings. The van der Waals surface area contributed by atoms with E-state index in [2.05, 4.69) is 34.3 Å². The van der Waals surface area contributed by atoms with Gasteiger partial charge < -0.3 is 10.2 Å². The Bertz CT molecular complexity index is 432. The molecule has 2 rings (SSSR count). The van der Waals surface area contributed by atoms with Crippen molar-refractivity contribution in [3.05, 3.63) is 17.8 Å². The van der Waals surface area contributed by atoms with Crippen molar-refractivity contribution in [3.63, 3.8) is 0 Å². The molecule has 1 aliphatic heterocycles. The minimum Gasteiger partial charge on any atom is -0.349 e. The lowest BCUT2D eigenvalue weighted by Crippen LogP contribution is -2.56. The molecule has 2 unspecified atom stereocenters. The first-order chi connectivity index (χ1) is 9.45. The van der Waals surface area contributed by atoms with E-state index in [9.17, 15) is 13.2 Å². The summed E-state index contributed by atoms with van der Waals surface area (Å²) < 4.78 is 37.5. The molecule has 2 atom stereocenters. The van der Waals surface area contributed by atoms with E-state index in [1.54, 1.807) is 0 Å². The zero-order valence-corrected chi connectivity index (χ0v) is 11.6. The second-order valence-electron chi connectivity index (χ2n) is 5.00. The molecule has 0 bridgehead atoms. The Hall–Kier alpha value is -1.37. The smallest absolute Gasteiger partial charge is 0.349 e. The fraction of sp³-hybridized carbons (Fsp3) is 0.692. The van der Waals surface area contributed by atoms with E-state index in [0.717, 1.165) is 32.0 Å². The average molecular weight is 288 g/mol. The topological polar surface area (TPSA) is 41.1 Å². The Kier molecular flexibility index (Phi) is 4.47.